The third kappa shape index (κ3) is 3.72. The van der Waals surface area contributed by atoms with E-state index in [1.54, 1.807) is 7.11 Å². The van der Waals surface area contributed by atoms with E-state index >= 15 is 0 Å². The van der Waals surface area contributed by atoms with Gasteiger partial charge in [0.1, 0.15) is 12.4 Å². The van der Waals surface area contributed by atoms with Crippen LogP contribution in [0.25, 0.3) is 0 Å². The number of amides is 2. The molecule has 0 N–H and O–H groups in total. The minimum atomic E-state index is -0.406. The second-order valence-electron chi connectivity index (χ2n) is 7.74. The topological polar surface area (TPSA) is 59.1 Å². The Bertz CT molecular complexity index is 904. The van der Waals surface area contributed by atoms with Gasteiger partial charge in [0, 0.05) is 18.8 Å². The summed E-state index contributed by atoms with van der Waals surface area (Å²) in [6.45, 7) is 3.71. The molecule has 1 spiro atoms. The molecule has 29 heavy (non-hydrogen) atoms. The van der Waals surface area contributed by atoms with Gasteiger partial charge in [-0.25, -0.2) is 0 Å². The van der Waals surface area contributed by atoms with Gasteiger partial charge in [0.25, 0.3) is 11.8 Å². The summed E-state index contributed by atoms with van der Waals surface area (Å²) >= 11 is 0. The molecule has 152 valence electrons. The standard InChI is InChI=1S/C23H26N2O4/c1-17-7-6-10-19(21(17)28-2)22(27)24-13-11-23(12-14-24)16-25(20(26)15-29-23)18-8-4-3-5-9-18/h3-10H,11-16H2,1-2H3. The largest absolute Gasteiger partial charge is 0.496 e. The zero-order chi connectivity index (χ0) is 20.4. The summed E-state index contributed by atoms with van der Waals surface area (Å²) < 4.78 is 11.5. The highest BCUT2D eigenvalue weighted by Crippen LogP contribution is 2.34. The molecule has 0 radical (unpaired) electrons. The number of nitrogens with zero attached hydrogens (tertiary/aromatic N) is 2. The first-order valence-corrected chi connectivity index (χ1v) is 9.95. The molecule has 0 bridgehead atoms. The van der Waals surface area contributed by atoms with Gasteiger partial charge in [-0.05, 0) is 43.5 Å². The van der Waals surface area contributed by atoms with Crippen molar-refractivity contribution in [2.75, 3.05) is 38.3 Å². The summed E-state index contributed by atoms with van der Waals surface area (Å²) in [5.41, 5.74) is 2.02. The Balaban J connectivity index is 1.47. The van der Waals surface area contributed by atoms with Crippen molar-refractivity contribution in [2.24, 2.45) is 0 Å². The van der Waals surface area contributed by atoms with E-state index in [9.17, 15) is 9.59 Å². The second kappa shape index (κ2) is 7.87. The van der Waals surface area contributed by atoms with Gasteiger partial charge in [0.05, 0.1) is 24.8 Å². The lowest BCUT2D eigenvalue weighted by molar-refractivity contribution is -0.143. The molecule has 2 aromatic carbocycles. The summed E-state index contributed by atoms with van der Waals surface area (Å²) in [6, 6.07) is 15.3. The van der Waals surface area contributed by atoms with Crippen molar-refractivity contribution in [1.29, 1.82) is 0 Å². The lowest BCUT2D eigenvalue weighted by atomic mass is 9.88. The van der Waals surface area contributed by atoms with E-state index in [1.807, 2.05) is 65.3 Å². The molecule has 0 saturated carbocycles. The lowest BCUT2D eigenvalue weighted by Crippen LogP contribution is -2.59. The highest BCUT2D eigenvalue weighted by molar-refractivity contribution is 5.97. The Kier molecular flexibility index (Phi) is 5.28. The highest BCUT2D eigenvalue weighted by atomic mass is 16.5. The van der Waals surface area contributed by atoms with Gasteiger partial charge in [-0.2, -0.15) is 0 Å². The number of piperidine rings is 1. The van der Waals surface area contributed by atoms with Gasteiger partial charge in [-0.1, -0.05) is 30.3 Å². The van der Waals surface area contributed by atoms with E-state index in [2.05, 4.69) is 0 Å². The van der Waals surface area contributed by atoms with Crippen LogP contribution in [0.2, 0.25) is 0 Å². The van der Waals surface area contributed by atoms with Crippen LogP contribution >= 0.6 is 0 Å². The first-order chi connectivity index (χ1) is 14.0. The molecule has 2 fully saturated rings. The van der Waals surface area contributed by atoms with Crippen LogP contribution in [0.5, 0.6) is 5.75 Å². The Morgan fingerprint density at radius 1 is 1.07 bits per heavy atom. The zero-order valence-electron chi connectivity index (χ0n) is 16.9. The van der Waals surface area contributed by atoms with Crippen molar-refractivity contribution in [3.05, 3.63) is 59.7 Å². The number of anilines is 1. The van der Waals surface area contributed by atoms with Crippen molar-refractivity contribution >= 4 is 17.5 Å². The number of carbonyl (C=O) groups is 2. The molecule has 2 amide bonds. The molecule has 2 aliphatic heterocycles. The molecule has 2 aromatic rings. The van der Waals surface area contributed by atoms with Gasteiger partial charge in [-0.3, -0.25) is 9.59 Å². The fourth-order valence-corrected chi connectivity index (χ4v) is 4.24. The van der Waals surface area contributed by atoms with Gasteiger partial charge >= 0.3 is 0 Å². The molecule has 6 nitrogen and oxygen atoms in total. The van der Waals surface area contributed by atoms with Crippen LogP contribution in [0.15, 0.2) is 48.5 Å². The highest BCUT2D eigenvalue weighted by Gasteiger charge is 2.43. The van der Waals surface area contributed by atoms with Crippen LogP contribution in [-0.4, -0.2) is 55.7 Å². The Morgan fingerprint density at radius 2 is 1.79 bits per heavy atom. The van der Waals surface area contributed by atoms with E-state index in [0.717, 1.165) is 11.3 Å². The van der Waals surface area contributed by atoms with E-state index in [-0.39, 0.29) is 18.4 Å². The molecule has 2 heterocycles. The number of likely N-dealkylation sites (tertiary alicyclic amines) is 1. The number of benzene rings is 2. The number of rotatable bonds is 3. The Labute approximate surface area is 171 Å². The average molecular weight is 394 g/mol. The molecule has 2 aliphatic rings. The number of aryl methyl sites for hydroxylation is 1. The summed E-state index contributed by atoms with van der Waals surface area (Å²) in [5, 5.41) is 0. The maximum Gasteiger partial charge on any atom is 0.257 e. The van der Waals surface area contributed by atoms with Gasteiger partial charge in [0.15, 0.2) is 0 Å². The molecule has 2 saturated heterocycles. The molecule has 0 aromatic heterocycles. The fourth-order valence-electron chi connectivity index (χ4n) is 4.24. The molecule has 0 atom stereocenters. The van der Waals surface area contributed by atoms with Crippen molar-refractivity contribution in [3.63, 3.8) is 0 Å². The number of ether oxygens (including phenoxy) is 2. The molecule has 4 rings (SSSR count). The van der Waals surface area contributed by atoms with Crippen LogP contribution < -0.4 is 9.64 Å². The van der Waals surface area contributed by atoms with Crippen molar-refractivity contribution in [1.82, 2.24) is 4.90 Å². The smallest absolute Gasteiger partial charge is 0.257 e. The van der Waals surface area contributed by atoms with E-state index in [1.165, 1.54) is 0 Å². The van der Waals surface area contributed by atoms with E-state index in [4.69, 9.17) is 9.47 Å². The molecule has 0 unspecified atom stereocenters. The minimum absolute atomic E-state index is 0.0211. The van der Waals surface area contributed by atoms with Gasteiger partial charge in [-0.15, -0.1) is 0 Å². The minimum Gasteiger partial charge on any atom is -0.496 e. The zero-order valence-corrected chi connectivity index (χ0v) is 16.9. The number of carbonyl (C=O) groups excluding carboxylic acids is 2. The summed E-state index contributed by atoms with van der Waals surface area (Å²) in [6.07, 6.45) is 1.40. The maximum atomic E-state index is 13.1. The molecular weight excluding hydrogens is 368 g/mol. The summed E-state index contributed by atoms with van der Waals surface area (Å²) in [4.78, 5) is 29.2. The van der Waals surface area contributed by atoms with Crippen LogP contribution in [0.1, 0.15) is 28.8 Å². The molecule has 0 aliphatic carbocycles. The van der Waals surface area contributed by atoms with E-state index < -0.39 is 5.60 Å². The third-order valence-electron chi connectivity index (χ3n) is 5.93. The van der Waals surface area contributed by atoms with Crippen LogP contribution in [0, 0.1) is 6.92 Å². The van der Waals surface area contributed by atoms with Crippen LogP contribution in [-0.2, 0) is 9.53 Å². The monoisotopic (exact) mass is 394 g/mol. The van der Waals surface area contributed by atoms with Gasteiger partial charge in [0.2, 0.25) is 0 Å². The van der Waals surface area contributed by atoms with Crippen LogP contribution in [0.4, 0.5) is 5.69 Å². The van der Waals surface area contributed by atoms with Crippen molar-refractivity contribution in [3.8, 4) is 5.75 Å². The van der Waals surface area contributed by atoms with E-state index in [0.29, 0.717) is 43.8 Å². The normalized spacial score (nSPS) is 18.8. The number of morpholine rings is 1. The second-order valence-corrected chi connectivity index (χ2v) is 7.74. The SMILES string of the molecule is COc1c(C)cccc1C(=O)N1CCC2(CC1)CN(c1ccccc1)C(=O)CO2. The quantitative estimate of drug-likeness (QED) is 0.803. The Morgan fingerprint density at radius 3 is 2.48 bits per heavy atom. The predicted molar refractivity (Wildman–Crippen MR) is 110 cm³/mol. The van der Waals surface area contributed by atoms with Crippen LogP contribution in [0.3, 0.4) is 0 Å². The summed E-state index contributed by atoms with van der Waals surface area (Å²) in [5.74, 6) is 0.588. The van der Waals surface area contributed by atoms with Crippen molar-refractivity contribution < 1.29 is 19.1 Å². The third-order valence-corrected chi connectivity index (χ3v) is 5.93. The number of hydrogen-bond acceptors (Lipinski definition) is 4. The number of methoxy groups -OCH3 is 1. The first-order valence-electron chi connectivity index (χ1n) is 9.95. The first kappa shape index (κ1) is 19.5. The summed E-state index contributed by atoms with van der Waals surface area (Å²) in [7, 11) is 1.59. The average Bonchev–Trinajstić information content (AvgIpc) is 2.76. The molecule has 6 heteroatoms. The maximum absolute atomic E-state index is 13.1. The van der Waals surface area contributed by atoms with Gasteiger partial charge < -0.3 is 19.3 Å². The molecular formula is C23H26N2O4. The predicted octanol–water partition coefficient (Wildman–Crippen LogP) is 3.04. The van der Waals surface area contributed by atoms with Crippen molar-refractivity contribution in [2.45, 2.75) is 25.4 Å². The fraction of sp³-hybridized carbons (Fsp3) is 0.391. The Hall–Kier alpha value is -2.86. The lowest BCUT2D eigenvalue weighted by Gasteiger charge is -2.47. The number of para-hydroxylation sites is 2. The number of hydrogen-bond donors (Lipinski definition) is 0.